The Morgan fingerprint density at radius 1 is 1.14 bits per heavy atom. The summed E-state index contributed by atoms with van der Waals surface area (Å²) in [5.41, 5.74) is 2.03. The van der Waals surface area contributed by atoms with E-state index in [-0.39, 0.29) is 6.04 Å². The summed E-state index contributed by atoms with van der Waals surface area (Å²) >= 11 is 6.03. The summed E-state index contributed by atoms with van der Waals surface area (Å²) in [5.74, 6) is -0.396. The van der Waals surface area contributed by atoms with Gasteiger partial charge in [0.2, 0.25) is 0 Å². The molecule has 2 rings (SSSR count). The second kappa shape index (κ2) is 6.46. The maximum absolute atomic E-state index is 14.0. The van der Waals surface area contributed by atoms with Crippen molar-refractivity contribution in [3.05, 3.63) is 64.4 Å². The number of hydrogen-bond donors (Lipinski definition) is 1. The fourth-order valence-electron chi connectivity index (χ4n) is 2.45. The van der Waals surface area contributed by atoms with Gasteiger partial charge in [-0.2, -0.15) is 0 Å². The van der Waals surface area contributed by atoms with Crippen LogP contribution in [0.2, 0.25) is 5.02 Å². The molecule has 0 aliphatic rings. The molecule has 112 valence electrons. The minimum absolute atomic E-state index is 0.00278. The number of benzene rings is 2. The highest BCUT2D eigenvalue weighted by atomic mass is 35.5. The van der Waals surface area contributed by atoms with Crippen molar-refractivity contribution in [2.75, 3.05) is 11.9 Å². The van der Waals surface area contributed by atoms with Gasteiger partial charge in [0.25, 0.3) is 0 Å². The van der Waals surface area contributed by atoms with Crippen LogP contribution in [0.25, 0.3) is 0 Å². The van der Waals surface area contributed by atoms with Crippen molar-refractivity contribution in [2.24, 2.45) is 0 Å². The van der Waals surface area contributed by atoms with Crippen LogP contribution in [0.1, 0.15) is 37.1 Å². The van der Waals surface area contributed by atoms with Crippen LogP contribution in [0.4, 0.5) is 10.1 Å². The highest BCUT2D eigenvalue weighted by Gasteiger charge is 2.20. The van der Waals surface area contributed by atoms with E-state index in [1.165, 1.54) is 6.07 Å². The zero-order chi connectivity index (χ0) is 15.6. The van der Waals surface area contributed by atoms with Crippen LogP contribution in [-0.4, -0.2) is 12.2 Å². The fraction of sp³-hybridized carbons (Fsp3) is 0.294. The van der Waals surface area contributed by atoms with Crippen LogP contribution >= 0.6 is 11.6 Å². The number of aliphatic hydroxyl groups excluding tert-OH is 1. The van der Waals surface area contributed by atoms with Crippen molar-refractivity contribution in [3.8, 4) is 0 Å². The van der Waals surface area contributed by atoms with Gasteiger partial charge < -0.3 is 10.0 Å². The molecule has 2 atom stereocenters. The topological polar surface area (TPSA) is 23.5 Å². The lowest BCUT2D eigenvalue weighted by Gasteiger charge is -2.30. The van der Waals surface area contributed by atoms with Crippen molar-refractivity contribution >= 4 is 17.3 Å². The first-order valence-electron chi connectivity index (χ1n) is 6.86. The SMILES string of the molecule is CC(c1cccc(Cl)c1)N(C)c1cccc(F)c1[C@H](C)O. The lowest BCUT2D eigenvalue weighted by Crippen LogP contribution is -2.23. The largest absolute Gasteiger partial charge is 0.389 e. The predicted octanol–water partition coefficient (Wildman–Crippen LogP) is 4.73. The van der Waals surface area contributed by atoms with Crippen LogP contribution < -0.4 is 4.90 Å². The van der Waals surface area contributed by atoms with Gasteiger partial charge in [-0.15, -0.1) is 0 Å². The van der Waals surface area contributed by atoms with Gasteiger partial charge in [0.1, 0.15) is 5.82 Å². The van der Waals surface area contributed by atoms with Crippen LogP contribution in [-0.2, 0) is 0 Å². The van der Waals surface area contributed by atoms with Gasteiger partial charge in [-0.25, -0.2) is 4.39 Å². The molecule has 0 aromatic heterocycles. The Bertz CT molecular complexity index is 630. The summed E-state index contributed by atoms with van der Waals surface area (Å²) in [6, 6.07) is 12.4. The van der Waals surface area contributed by atoms with E-state index in [1.54, 1.807) is 13.0 Å². The van der Waals surface area contributed by atoms with Gasteiger partial charge in [0.05, 0.1) is 12.1 Å². The molecule has 0 bridgehead atoms. The molecule has 2 aromatic carbocycles. The second-order valence-corrected chi connectivity index (χ2v) is 5.63. The molecule has 2 aromatic rings. The van der Waals surface area contributed by atoms with E-state index >= 15 is 0 Å². The zero-order valence-corrected chi connectivity index (χ0v) is 13.1. The van der Waals surface area contributed by atoms with Gasteiger partial charge in [0, 0.05) is 23.3 Å². The first-order valence-corrected chi connectivity index (χ1v) is 7.24. The third kappa shape index (κ3) is 3.36. The van der Waals surface area contributed by atoms with Gasteiger partial charge in [-0.1, -0.05) is 29.8 Å². The van der Waals surface area contributed by atoms with Gasteiger partial charge in [-0.3, -0.25) is 0 Å². The quantitative estimate of drug-likeness (QED) is 0.882. The molecule has 0 saturated heterocycles. The van der Waals surface area contributed by atoms with E-state index in [0.29, 0.717) is 16.3 Å². The summed E-state index contributed by atoms with van der Waals surface area (Å²) in [6.45, 7) is 3.59. The minimum atomic E-state index is -0.866. The molecule has 0 amide bonds. The number of rotatable bonds is 4. The number of hydrogen-bond acceptors (Lipinski definition) is 2. The minimum Gasteiger partial charge on any atom is -0.389 e. The molecular formula is C17H19ClFNO. The summed E-state index contributed by atoms with van der Waals surface area (Å²) < 4.78 is 14.0. The second-order valence-electron chi connectivity index (χ2n) is 5.19. The predicted molar refractivity (Wildman–Crippen MR) is 85.3 cm³/mol. The van der Waals surface area contributed by atoms with E-state index in [9.17, 15) is 9.50 Å². The molecule has 0 saturated carbocycles. The van der Waals surface area contributed by atoms with Crippen molar-refractivity contribution in [1.29, 1.82) is 0 Å². The highest BCUT2D eigenvalue weighted by Crippen LogP contribution is 2.33. The number of nitrogens with zero attached hydrogens (tertiary/aromatic N) is 1. The summed E-state index contributed by atoms with van der Waals surface area (Å²) in [5, 5.41) is 10.5. The first kappa shape index (κ1) is 15.8. The summed E-state index contributed by atoms with van der Waals surface area (Å²) in [4.78, 5) is 1.94. The standard InChI is InChI=1S/C17H19ClFNO/c1-11(13-6-4-7-14(18)10-13)20(3)16-9-5-8-15(19)17(16)12(2)21/h4-12,21H,1-3H3/t11?,12-/m0/s1. The molecule has 1 N–H and O–H groups in total. The van der Waals surface area contributed by atoms with Crippen LogP contribution in [0.5, 0.6) is 0 Å². The molecular weight excluding hydrogens is 289 g/mol. The average Bonchev–Trinajstić information content (AvgIpc) is 2.45. The van der Waals surface area contributed by atoms with E-state index in [1.807, 2.05) is 49.2 Å². The molecule has 2 nitrogen and oxygen atoms in total. The van der Waals surface area contributed by atoms with E-state index in [4.69, 9.17) is 11.6 Å². The highest BCUT2D eigenvalue weighted by molar-refractivity contribution is 6.30. The summed E-state index contributed by atoms with van der Waals surface area (Å²) in [7, 11) is 1.88. The molecule has 0 heterocycles. The number of aliphatic hydroxyl groups is 1. The summed E-state index contributed by atoms with van der Waals surface area (Å²) in [6.07, 6.45) is -0.866. The molecule has 21 heavy (non-hydrogen) atoms. The van der Waals surface area contributed by atoms with Crippen molar-refractivity contribution in [1.82, 2.24) is 0 Å². The third-order valence-corrected chi connectivity index (χ3v) is 3.97. The molecule has 0 aliphatic carbocycles. The monoisotopic (exact) mass is 307 g/mol. The van der Waals surface area contributed by atoms with E-state index < -0.39 is 11.9 Å². The molecule has 1 unspecified atom stereocenters. The van der Waals surface area contributed by atoms with Gasteiger partial charge >= 0.3 is 0 Å². The van der Waals surface area contributed by atoms with Crippen molar-refractivity contribution < 1.29 is 9.50 Å². The molecule has 0 radical (unpaired) electrons. The van der Waals surface area contributed by atoms with Crippen LogP contribution in [0.15, 0.2) is 42.5 Å². The Labute approximate surface area is 129 Å². The third-order valence-electron chi connectivity index (χ3n) is 3.74. The van der Waals surface area contributed by atoms with Crippen molar-refractivity contribution in [2.45, 2.75) is 26.0 Å². The molecule has 4 heteroatoms. The maximum Gasteiger partial charge on any atom is 0.131 e. The van der Waals surface area contributed by atoms with E-state index in [2.05, 4.69) is 0 Å². The first-order chi connectivity index (χ1) is 9.91. The van der Waals surface area contributed by atoms with Crippen LogP contribution in [0, 0.1) is 5.82 Å². The molecule has 0 fully saturated rings. The average molecular weight is 308 g/mol. The van der Waals surface area contributed by atoms with Gasteiger partial charge in [-0.05, 0) is 43.7 Å². The fourth-order valence-corrected chi connectivity index (χ4v) is 2.64. The van der Waals surface area contributed by atoms with Gasteiger partial charge in [0.15, 0.2) is 0 Å². The molecule has 0 aliphatic heterocycles. The number of anilines is 1. The zero-order valence-electron chi connectivity index (χ0n) is 12.3. The smallest absolute Gasteiger partial charge is 0.131 e. The Hall–Kier alpha value is -1.58. The normalized spacial score (nSPS) is 13.8. The Kier molecular flexibility index (Phi) is 4.86. The van der Waals surface area contributed by atoms with Crippen LogP contribution in [0.3, 0.4) is 0 Å². The Morgan fingerprint density at radius 3 is 2.43 bits per heavy atom. The Balaban J connectivity index is 2.40. The number of halogens is 2. The lowest BCUT2D eigenvalue weighted by molar-refractivity contribution is 0.194. The van der Waals surface area contributed by atoms with Crippen molar-refractivity contribution in [3.63, 3.8) is 0 Å². The molecule has 0 spiro atoms. The maximum atomic E-state index is 14.0. The van der Waals surface area contributed by atoms with E-state index in [0.717, 1.165) is 5.56 Å². The lowest BCUT2D eigenvalue weighted by atomic mass is 10.0. The Morgan fingerprint density at radius 2 is 1.81 bits per heavy atom.